The number of ether oxygens (including phenoxy) is 1. The predicted octanol–water partition coefficient (Wildman–Crippen LogP) is 1.62. The van der Waals surface area contributed by atoms with Gasteiger partial charge in [0.15, 0.2) is 0 Å². The third-order valence-corrected chi connectivity index (χ3v) is 1.36. The van der Waals surface area contributed by atoms with Crippen LogP contribution in [0.2, 0.25) is 0 Å². The van der Waals surface area contributed by atoms with Crippen LogP contribution in [0.5, 0.6) is 0 Å². The molecule has 0 unspecified atom stereocenters. The maximum atomic E-state index is 10.4. The van der Waals surface area contributed by atoms with Gasteiger partial charge in [0.25, 0.3) is 0 Å². The number of rotatable bonds is 6. The summed E-state index contributed by atoms with van der Waals surface area (Å²) in [6, 6.07) is 0. The van der Waals surface area contributed by atoms with Gasteiger partial charge < -0.3 is 14.9 Å². The van der Waals surface area contributed by atoms with Crippen molar-refractivity contribution in [2.75, 3.05) is 6.61 Å². The first kappa shape index (κ1) is 18.3. The van der Waals surface area contributed by atoms with E-state index in [0.717, 1.165) is 25.0 Å². The Morgan fingerprint density at radius 3 is 1.94 bits per heavy atom. The molecule has 0 spiro atoms. The fourth-order valence-electron chi connectivity index (χ4n) is 0.681. The molecule has 0 amide bonds. The fraction of sp³-hybridized carbons (Fsp3) is 0.417. The molecule has 0 saturated carbocycles. The van der Waals surface area contributed by atoms with E-state index in [9.17, 15) is 14.4 Å². The van der Waals surface area contributed by atoms with Crippen LogP contribution in [-0.4, -0.2) is 34.7 Å². The molecule has 0 radical (unpaired) electrons. The van der Waals surface area contributed by atoms with E-state index in [1.165, 1.54) is 6.08 Å². The van der Waals surface area contributed by atoms with Gasteiger partial charge in [0, 0.05) is 18.2 Å². The summed E-state index contributed by atoms with van der Waals surface area (Å²) in [5.74, 6) is -2.66. The molecule has 0 heterocycles. The van der Waals surface area contributed by atoms with Gasteiger partial charge in [0.2, 0.25) is 0 Å². The number of carbonyl (C=O) groups is 3. The van der Waals surface area contributed by atoms with Crippen molar-refractivity contribution < 1.29 is 29.3 Å². The molecule has 0 aromatic carbocycles. The quantitative estimate of drug-likeness (QED) is 0.554. The minimum atomic E-state index is -1.16. The van der Waals surface area contributed by atoms with Crippen LogP contribution in [0.3, 0.4) is 0 Å². The maximum Gasteiger partial charge on any atom is 0.330 e. The standard InChI is InChI=1S/C6H8O4.C6H10O2/c1-2-10-6(9)4-3-5(7)8;1-2-3-4-5-6(7)8/h3-4H,2H2,1H3,(H,7,8);4-5H,2-3H2,1H3,(H,7,8)/b4-3+;. The number of allylic oxidation sites excluding steroid dienone is 1. The van der Waals surface area contributed by atoms with Crippen LogP contribution in [-0.2, 0) is 19.1 Å². The van der Waals surface area contributed by atoms with Crippen LogP contribution < -0.4 is 0 Å². The van der Waals surface area contributed by atoms with Crippen LogP contribution >= 0.6 is 0 Å². The molecule has 0 fully saturated rings. The smallest absolute Gasteiger partial charge is 0.330 e. The number of hydrogen-bond donors (Lipinski definition) is 2. The van der Waals surface area contributed by atoms with Gasteiger partial charge in [-0.1, -0.05) is 19.4 Å². The molecular weight excluding hydrogens is 240 g/mol. The average Bonchev–Trinajstić information content (AvgIpc) is 2.28. The van der Waals surface area contributed by atoms with Crippen LogP contribution in [0.25, 0.3) is 0 Å². The number of carboxylic acids is 2. The zero-order valence-corrected chi connectivity index (χ0v) is 10.5. The van der Waals surface area contributed by atoms with E-state index >= 15 is 0 Å². The van der Waals surface area contributed by atoms with Crippen molar-refractivity contribution in [3.63, 3.8) is 0 Å². The van der Waals surface area contributed by atoms with Crippen LogP contribution in [0, 0.1) is 0 Å². The summed E-state index contributed by atoms with van der Waals surface area (Å²) in [7, 11) is 0. The second-order valence-electron chi connectivity index (χ2n) is 2.95. The lowest BCUT2D eigenvalue weighted by atomic mass is 10.3. The highest BCUT2D eigenvalue weighted by Gasteiger charge is 1.94. The highest BCUT2D eigenvalue weighted by atomic mass is 16.5. The lowest BCUT2D eigenvalue weighted by Gasteiger charge is -1.92. The number of esters is 1. The van der Waals surface area contributed by atoms with E-state index in [4.69, 9.17) is 10.2 Å². The van der Waals surface area contributed by atoms with Crippen molar-refractivity contribution in [3.05, 3.63) is 24.3 Å². The molecule has 6 nitrogen and oxygen atoms in total. The SMILES string of the molecule is CCCC=CC(=O)O.CCOC(=O)/C=C/C(=O)O. The van der Waals surface area contributed by atoms with Gasteiger partial charge >= 0.3 is 17.9 Å². The normalized spacial score (nSPS) is 9.89. The Labute approximate surface area is 106 Å². The average molecular weight is 258 g/mol. The summed E-state index contributed by atoms with van der Waals surface area (Å²) >= 11 is 0. The molecule has 0 atom stereocenters. The Morgan fingerprint density at radius 1 is 1.00 bits per heavy atom. The van der Waals surface area contributed by atoms with Gasteiger partial charge in [-0.2, -0.15) is 0 Å². The highest BCUT2D eigenvalue weighted by molar-refractivity contribution is 5.90. The molecule has 0 saturated heterocycles. The largest absolute Gasteiger partial charge is 0.478 e. The van der Waals surface area contributed by atoms with Gasteiger partial charge in [-0.25, -0.2) is 14.4 Å². The fourth-order valence-corrected chi connectivity index (χ4v) is 0.681. The Morgan fingerprint density at radius 2 is 1.56 bits per heavy atom. The summed E-state index contributed by atoms with van der Waals surface area (Å²) < 4.78 is 4.40. The summed E-state index contributed by atoms with van der Waals surface area (Å²) in [6.45, 7) is 3.90. The molecule has 0 aromatic rings. The molecule has 0 aliphatic heterocycles. The number of carboxylic acid groups (broad SMARTS) is 2. The first-order chi connectivity index (χ1) is 8.43. The second kappa shape index (κ2) is 13.0. The number of aliphatic carboxylic acids is 2. The van der Waals surface area contributed by atoms with E-state index in [-0.39, 0.29) is 6.61 Å². The Hall–Kier alpha value is -2.11. The molecule has 0 bridgehead atoms. The second-order valence-corrected chi connectivity index (χ2v) is 2.95. The van der Waals surface area contributed by atoms with Crippen molar-refractivity contribution in [3.8, 4) is 0 Å². The minimum Gasteiger partial charge on any atom is -0.478 e. The zero-order chi connectivity index (χ0) is 14.4. The summed E-state index contributed by atoms with van der Waals surface area (Å²) in [4.78, 5) is 30.0. The molecular formula is C12H18O6. The Bertz CT molecular complexity index is 317. The van der Waals surface area contributed by atoms with E-state index in [2.05, 4.69) is 4.74 Å². The van der Waals surface area contributed by atoms with Gasteiger partial charge in [-0.05, 0) is 13.3 Å². The van der Waals surface area contributed by atoms with Crippen LogP contribution in [0.15, 0.2) is 24.3 Å². The van der Waals surface area contributed by atoms with E-state index < -0.39 is 17.9 Å². The van der Waals surface area contributed by atoms with Gasteiger partial charge in [-0.15, -0.1) is 0 Å². The summed E-state index contributed by atoms with van der Waals surface area (Å²) in [5.41, 5.74) is 0. The lowest BCUT2D eigenvalue weighted by Crippen LogP contribution is -2.00. The molecule has 102 valence electrons. The van der Waals surface area contributed by atoms with Crippen molar-refractivity contribution >= 4 is 17.9 Å². The molecule has 6 heteroatoms. The topological polar surface area (TPSA) is 101 Å². The Balaban J connectivity index is 0. The molecule has 0 rings (SSSR count). The van der Waals surface area contributed by atoms with Crippen molar-refractivity contribution in [2.45, 2.75) is 26.7 Å². The molecule has 2 N–H and O–H groups in total. The van der Waals surface area contributed by atoms with Crippen molar-refractivity contribution in [2.24, 2.45) is 0 Å². The predicted molar refractivity (Wildman–Crippen MR) is 65.1 cm³/mol. The molecule has 0 aliphatic rings. The molecule has 0 aromatic heterocycles. The van der Waals surface area contributed by atoms with Crippen LogP contribution in [0.4, 0.5) is 0 Å². The number of carbonyl (C=O) groups excluding carboxylic acids is 1. The molecule has 0 aliphatic carbocycles. The number of unbranched alkanes of at least 4 members (excludes halogenated alkanes) is 1. The maximum absolute atomic E-state index is 10.4. The van der Waals surface area contributed by atoms with E-state index in [1.54, 1.807) is 13.0 Å². The number of hydrogen-bond acceptors (Lipinski definition) is 4. The van der Waals surface area contributed by atoms with Crippen LogP contribution in [0.1, 0.15) is 26.7 Å². The van der Waals surface area contributed by atoms with Crippen molar-refractivity contribution in [1.29, 1.82) is 0 Å². The van der Waals surface area contributed by atoms with E-state index in [1.807, 2.05) is 6.92 Å². The first-order valence-electron chi connectivity index (χ1n) is 5.41. The van der Waals surface area contributed by atoms with Gasteiger partial charge in [0.1, 0.15) is 0 Å². The van der Waals surface area contributed by atoms with E-state index in [0.29, 0.717) is 0 Å². The monoisotopic (exact) mass is 258 g/mol. The summed E-state index contributed by atoms with van der Waals surface area (Å²) in [6.07, 6.45) is 6.28. The Kier molecular flexibility index (Phi) is 13.1. The third-order valence-electron chi connectivity index (χ3n) is 1.36. The minimum absolute atomic E-state index is 0.253. The first-order valence-corrected chi connectivity index (χ1v) is 5.41. The molecule has 18 heavy (non-hydrogen) atoms. The van der Waals surface area contributed by atoms with Gasteiger partial charge in [0.05, 0.1) is 6.61 Å². The van der Waals surface area contributed by atoms with Crippen molar-refractivity contribution in [1.82, 2.24) is 0 Å². The van der Waals surface area contributed by atoms with Gasteiger partial charge in [-0.3, -0.25) is 0 Å². The highest BCUT2D eigenvalue weighted by Crippen LogP contribution is 1.86. The lowest BCUT2D eigenvalue weighted by molar-refractivity contribution is -0.138. The zero-order valence-electron chi connectivity index (χ0n) is 10.5. The summed E-state index contributed by atoms with van der Waals surface area (Å²) in [5, 5.41) is 16.1. The third kappa shape index (κ3) is 19.5.